The topological polar surface area (TPSA) is 78.4 Å². The van der Waals surface area contributed by atoms with Gasteiger partial charge in [0.05, 0.1) is 18.6 Å². The number of nitrogens with one attached hydrogen (secondary N) is 2. The molecule has 5 nitrogen and oxygen atoms in total. The Morgan fingerprint density at radius 2 is 1.62 bits per heavy atom. The lowest BCUT2D eigenvalue weighted by molar-refractivity contribution is -0.123. The summed E-state index contributed by atoms with van der Waals surface area (Å²) in [6, 6.07) is 14.0. The highest BCUT2D eigenvalue weighted by molar-refractivity contribution is 6.30. The Labute approximate surface area is 158 Å². The Kier molecular flexibility index (Phi) is 7.18. The van der Waals surface area contributed by atoms with Crippen LogP contribution in [0.15, 0.2) is 48.5 Å². The standard InChI is InChI=1S/C20H23ClN2O3/c1-13-3-5-16(6-4-13)19(25)12-22-20(26)11-18(23-14(2)24)15-7-9-17(21)10-8-15/h3-10,18-19,25H,11-12H2,1-2H3,(H,22,26)(H,23,24)/t18-,19+/m0/s1. The molecule has 0 heterocycles. The van der Waals surface area contributed by atoms with Crippen molar-refractivity contribution in [3.8, 4) is 0 Å². The second-order valence-electron chi connectivity index (χ2n) is 6.24. The summed E-state index contributed by atoms with van der Waals surface area (Å²) in [5.74, 6) is -0.484. The first-order valence-electron chi connectivity index (χ1n) is 8.39. The van der Waals surface area contributed by atoms with Crippen molar-refractivity contribution in [1.82, 2.24) is 10.6 Å². The molecule has 2 rings (SSSR count). The maximum Gasteiger partial charge on any atom is 0.222 e. The average molecular weight is 375 g/mol. The summed E-state index contributed by atoms with van der Waals surface area (Å²) in [5, 5.41) is 16.3. The van der Waals surface area contributed by atoms with Crippen molar-refractivity contribution in [2.24, 2.45) is 0 Å². The van der Waals surface area contributed by atoms with E-state index in [4.69, 9.17) is 11.6 Å². The van der Waals surface area contributed by atoms with E-state index in [9.17, 15) is 14.7 Å². The van der Waals surface area contributed by atoms with Gasteiger partial charge in [0.1, 0.15) is 0 Å². The Bertz CT molecular complexity index is 745. The molecule has 0 spiro atoms. The van der Waals surface area contributed by atoms with Crippen LogP contribution in [0.4, 0.5) is 0 Å². The second kappa shape index (κ2) is 9.36. The lowest BCUT2D eigenvalue weighted by Crippen LogP contribution is -2.34. The highest BCUT2D eigenvalue weighted by Crippen LogP contribution is 2.20. The summed E-state index contributed by atoms with van der Waals surface area (Å²) in [4.78, 5) is 23.7. The monoisotopic (exact) mass is 374 g/mol. The first-order chi connectivity index (χ1) is 12.3. The molecule has 6 heteroatoms. The third kappa shape index (κ3) is 6.17. The maximum absolute atomic E-state index is 12.3. The number of aliphatic hydroxyl groups excluding tert-OH is 1. The predicted molar refractivity (Wildman–Crippen MR) is 102 cm³/mol. The van der Waals surface area contributed by atoms with Crippen molar-refractivity contribution in [2.45, 2.75) is 32.4 Å². The zero-order valence-electron chi connectivity index (χ0n) is 14.8. The van der Waals surface area contributed by atoms with Crippen LogP contribution in [-0.4, -0.2) is 23.5 Å². The summed E-state index contributed by atoms with van der Waals surface area (Å²) in [6.07, 6.45) is -0.712. The fourth-order valence-electron chi connectivity index (χ4n) is 2.57. The van der Waals surface area contributed by atoms with Crippen LogP contribution in [0.25, 0.3) is 0 Å². The Hall–Kier alpha value is -2.37. The highest BCUT2D eigenvalue weighted by Gasteiger charge is 2.18. The second-order valence-corrected chi connectivity index (χ2v) is 6.68. The first kappa shape index (κ1) is 19.9. The molecule has 2 amide bonds. The van der Waals surface area contributed by atoms with E-state index in [2.05, 4.69) is 10.6 Å². The molecule has 0 fully saturated rings. The van der Waals surface area contributed by atoms with Crippen molar-refractivity contribution in [3.63, 3.8) is 0 Å². The molecule has 138 valence electrons. The smallest absolute Gasteiger partial charge is 0.222 e. The first-order valence-corrected chi connectivity index (χ1v) is 8.77. The van der Waals surface area contributed by atoms with Crippen LogP contribution in [0.3, 0.4) is 0 Å². The van der Waals surface area contributed by atoms with E-state index in [1.165, 1.54) is 6.92 Å². The van der Waals surface area contributed by atoms with Crippen molar-refractivity contribution in [3.05, 3.63) is 70.2 Å². The van der Waals surface area contributed by atoms with Gasteiger partial charge >= 0.3 is 0 Å². The summed E-state index contributed by atoms with van der Waals surface area (Å²) < 4.78 is 0. The van der Waals surface area contributed by atoms with Crippen LogP contribution in [-0.2, 0) is 9.59 Å². The third-order valence-electron chi connectivity index (χ3n) is 3.99. The van der Waals surface area contributed by atoms with Gasteiger partial charge in [-0.15, -0.1) is 0 Å². The number of aliphatic hydroxyl groups is 1. The highest BCUT2D eigenvalue weighted by atomic mass is 35.5. The fraction of sp³-hybridized carbons (Fsp3) is 0.300. The maximum atomic E-state index is 12.3. The molecular formula is C20H23ClN2O3. The summed E-state index contributed by atoms with van der Waals surface area (Å²) in [5.41, 5.74) is 2.64. The van der Waals surface area contributed by atoms with Crippen molar-refractivity contribution < 1.29 is 14.7 Å². The zero-order chi connectivity index (χ0) is 19.1. The Morgan fingerprint density at radius 1 is 1.04 bits per heavy atom. The normalized spacial score (nSPS) is 12.9. The Morgan fingerprint density at radius 3 is 2.19 bits per heavy atom. The van der Waals surface area contributed by atoms with Gasteiger partial charge in [-0.25, -0.2) is 0 Å². The number of carbonyl (C=O) groups is 2. The number of carbonyl (C=O) groups excluding carboxylic acids is 2. The van der Waals surface area contributed by atoms with Crippen molar-refractivity contribution in [2.75, 3.05) is 6.54 Å². The quantitative estimate of drug-likeness (QED) is 0.697. The number of hydrogen-bond donors (Lipinski definition) is 3. The van der Waals surface area contributed by atoms with Gasteiger partial charge in [0.2, 0.25) is 11.8 Å². The molecule has 0 aromatic heterocycles. The van der Waals surface area contributed by atoms with Gasteiger partial charge in [-0.05, 0) is 30.2 Å². The molecule has 0 unspecified atom stereocenters. The Balaban J connectivity index is 1.94. The van der Waals surface area contributed by atoms with Crippen LogP contribution in [0, 0.1) is 6.92 Å². The SMILES string of the molecule is CC(=O)N[C@@H](CC(=O)NC[C@@H](O)c1ccc(C)cc1)c1ccc(Cl)cc1. The third-order valence-corrected chi connectivity index (χ3v) is 4.25. The molecule has 0 saturated heterocycles. The van der Waals surface area contributed by atoms with Crippen molar-refractivity contribution >= 4 is 23.4 Å². The fourth-order valence-corrected chi connectivity index (χ4v) is 2.69. The van der Waals surface area contributed by atoms with E-state index in [-0.39, 0.29) is 24.8 Å². The number of benzene rings is 2. The van der Waals surface area contributed by atoms with Crippen LogP contribution < -0.4 is 10.6 Å². The van der Waals surface area contributed by atoms with Gasteiger partial charge in [-0.1, -0.05) is 53.6 Å². The molecule has 0 bridgehead atoms. The van der Waals surface area contributed by atoms with Crippen LogP contribution in [0.1, 0.15) is 42.2 Å². The van der Waals surface area contributed by atoms with Crippen molar-refractivity contribution in [1.29, 1.82) is 0 Å². The van der Waals surface area contributed by atoms with E-state index in [1.807, 2.05) is 31.2 Å². The minimum absolute atomic E-state index is 0.0713. The molecule has 3 N–H and O–H groups in total. The summed E-state index contributed by atoms with van der Waals surface area (Å²) >= 11 is 5.89. The minimum Gasteiger partial charge on any atom is -0.387 e. The van der Waals surface area contributed by atoms with Crippen LogP contribution >= 0.6 is 11.6 Å². The largest absolute Gasteiger partial charge is 0.387 e. The van der Waals surface area contributed by atoms with Crippen LogP contribution in [0.5, 0.6) is 0 Å². The van der Waals surface area contributed by atoms with Gasteiger partial charge < -0.3 is 15.7 Å². The minimum atomic E-state index is -0.783. The molecule has 2 aromatic carbocycles. The average Bonchev–Trinajstić information content (AvgIpc) is 2.60. The van der Waals surface area contributed by atoms with Gasteiger partial charge in [0.25, 0.3) is 0 Å². The van der Waals surface area contributed by atoms with Crippen LogP contribution in [0.2, 0.25) is 5.02 Å². The molecule has 2 atom stereocenters. The number of aryl methyl sites for hydroxylation is 1. The molecule has 2 aromatic rings. The lowest BCUT2D eigenvalue weighted by atomic mass is 10.0. The molecular weight excluding hydrogens is 352 g/mol. The molecule has 0 saturated carbocycles. The molecule has 0 radical (unpaired) electrons. The number of halogens is 1. The number of rotatable bonds is 7. The van der Waals surface area contributed by atoms with Gasteiger partial charge in [0.15, 0.2) is 0 Å². The van der Waals surface area contributed by atoms with E-state index < -0.39 is 12.1 Å². The van der Waals surface area contributed by atoms with E-state index in [1.54, 1.807) is 24.3 Å². The molecule has 26 heavy (non-hydrogen) atoms. The summed E-state index contributed by atoms with van der Waals surface area (Å²) in [6.45, 7) is 3.48. The number of amides is 2. The predicted octanol–water partition coefficient (Wildman–Crippen LogP) is 3.07. The zero-order valence-corrected chi connectivity index (χ0v) is 15.6. The number of hydrogen-bond acceptors (Lipinski definition) is 3. The molecule has 0 aliphatic heterocycles. The summed E-state index contributed by atoms with van der Waals surface area (Å²) in [7, 11) is 0. The van der Waals surface area contributed by atoms with E-state index >= 15 is 0 Å². The van der Waals surface area contributed by atoms with Gasteiger partial charge in [-0.3, -0.25) is 9.59 Å². The van der Waals surface area contributed by atoms with Gasteiger partial charge in [-0.2, -0.15) is 0 Å². The molecule has 0 aliphatic carbocycles. The van der Waals surface area contributed by atoms with E-state index in [0.29, 0.717) is 5.02 Å². The van der Waals surface area contributed by atoms with Gasteiger partial charge in [0, 0.05) is 18.5 Å². The lowest BCUT2D eigenvalue weighted by Gasteiger charge is -2.19. The van der Waals surface area contributed by atoms with E-state index in [0.717, 1.165) is 16.7 Å². The molecule has 0 aliphatic rings.